The molecule has 9 aromatic rings. The molecule has 0 aliphatic heterocycles. The Morgan fingerprint density at radius 2 is 0.889 bits per heavy atom. The maximum absolute atomic E-state index is 6.41. The van der Waals surface area contributed by atoms with Crippen molar-refractivity contribution in [1.82, 2.24) is 0 Å². The lowest BCUT2D eigenvalue weighted by Crippen LogP contribution is -2.09. The van der Waals surface area contributed by atoms with Gasteiger partial charge in [0, 0.05) is 50.2 Å². The first-order chi connectivity index (χ1) is 22.3. The molecular weight excluding hydrogens is 550 g/mol. The molecule has 2 aromatic heterocycles. The number of hydrogen-bond acceptors (Lipinski definition) is 3. The largest absolute Gasteiger partial charge is 0.456 e. The van der Waals surface area contributed by atoms with Gasteiger partial charge in [-0.1, -0.05) is 109 Å². The van der Waals surface area contributed by atoms with Crippen molar-refractivity contribution in [3.05, 3.63) is 164 Å². The van der Waals surface area contributed by atoms with Gasteiger partial charge in [-0.05, 0) is 65.2 Å². The third-order valence-electron chi connectivity index (χ3n) is 8.69. The van der Waals surface area contributed by atoms with Crippen LogP contribution in [0.3, 0.4) is 0 Å². The summed E-state index contributed by atoms with van der Waals surface area (Å²) in [6.07, 6.45) is 0. The van der Waals surface area contributed by atoms with Crippen molar-refractivity contribution < 1.29 is 8.83 Å². The van der Waals surface area contributed by atoms with Crippen LogP contribution in [0.2, 0.25) is 0 Å². The minimum Gasteiger partial charge on any atom is -0.456 e. The molecule has 3 heteroatoms. The van der Waals surface area contributed by atoms with E-state index in [1.165, 1.54) is 0 Å². The molecule has 7 aromatic carbocycles. The van der Waals surface area contributed by atoms with Gasteiger partial charge in [-0.2, -0.15) is 0 Å². The van der Waals surface area contributed by atoms with Gasteiger partial charge in [-0.25, -0.2) is 0 Å². The SMILES string of the molecule is c1ccc(N(c2ccc(-c3ccccc3-c3cccc4c3oc3ccccc34)cc2)c2ccc3c(c2)oc2ccccc23)cc1. The topological polar surface area (TPSA) is 29.5 Å². The fourth-order valence-electron chi connectivity index (χ4n) is 6.60. The summed E-state index contributed by atoms with van der Waals surface area (Å²) in [5.41, 5.74) is 11.3. The summed E-state index contributed by atoms with van der Waals surface area (Å²) in [5, 5.41) is 4.52. The molecule has 212 valence electrons. The zero-order valence-corrected chi connectivity index (χ0v) is 24.4. The standard InChI is InChI=1S/C42H27NO2/c1-2-11-29(12-3-1)43(31-25-26-36-34-15-6-8-19-39(34)44-41(36)27-31)30-23-21-28(22-24-30)32-13-4-5-14-33(32)37-17-10-18-38-35-16-7-9-20-40(35)45-42(37)38/h1-27H. The minimum absolute atomic E-state index is 0.875. The number of para-hydroxylation sites is 4. The van der Waals surface area contributed by atoms with Gasteiger partial charge >= 0.3 is 0 Å². The Labute approximate surface area is 260 Å². The normalized spacial score (nSPS) is 11.6. The Morgan fingerprint density at radius 1 is 0.333 bits per heavy atom. The van der Waals surface area contributed by atoms with Crippen molar-refractivity contribution in [3.63, 3.8) is 0 Å². The Hall–Kier alpha value is -6.06. The molecule has 9 rings (SSSR count). The Kier molecular flexibility index (Phi) is 5.82. The lowest BCUT2D eigenvalue weighted by Gasteiger charge is -2.25. The first-order valence-electron chi connectivity index (χ1n) is 15.2. The molecule has 0 aliphatic rings. The van der Waals surface area contributed by atoms with E-state index in [4.69, 9.17) is 8.83 Å². The molecule has 0 radical (unpaired) electrons. The summed E-state index contributed by atoms with van der Waals surface area (Å²) >= 11 is 0. The van der Waals surface area contributed by atoms with Crippen molar-refractivity contribution in [3.8, 4) is 22.3 Å². The number of furan rings is 2. The van der Waals surface area contributed by atoms with E-state index in [2.05, 4.69) is 138 Å². The lowest BCUT2D eigenvalue weighted by molar-refractivity contribution is 0.669. The van der Waals surface area contributed by atoms with Gasteiger partial charge in [0.1, 0.15) is 22.3 Å². The summed E-state index contributed by atoms with van der Waals surface area (Å²) < 4.78 is 12.7. The maximum Gasteiger partial charge on any atom is 0.143 e. The van der Waals surface area contributed by atoms with E-state index in [0.717, 1.165) is 83.2 Å². The van der Waals surface area contributed by atoms with E-state index in [0.29, 0.717) is 0 Å². The Morgan fingerprint density at radius 3 is 1.69 bits per heavy atom. The summed E-state index contributed by atoms with van der Waals surface area (Å²) in [5.74, 6) is 0. The van der Waals surface area contributed by atoms with E-state index >= 15 is 0 Å². The summed E-state index contributed by atoms with van der Waals surface area (Å²) in [6.45, 7) is 0. The van der Waals surface area contributed by atoms with Crippen LogP contribution in [0, 0.1) is 0 Å². The van der Waals surface area contributed by atoms with E-state index < -0.39 is 0 Å². The van der Waals surface area contributed by atoms with Crippen LogP contribution in [0.5, 0.6) is 0 Å². The molecular formula is C42H27NO2. The van der Waals surface area contributed by atoms with Gasteiger partial charge in [-0.15, -0.1) is 0 Å². The number of fused-ring (bicyclic) bond motifs is 6. The highest BCUT2D eigenvalue weighted by Gasteiger charge is 2.18. The van der Waals surface area contributed by atoms with E-state index in [9.17, 15) is 0 Å². The highest BCUT2D eigenvalue weighted by atomic mass is 16.3. The first kappa shape index (κ1) is 25.4. The molecule has 3 nitrogen and oxygen atoms in total. The van der Waals surface area contributed by atoms with Gasteiger partial charge in [0.15, 0.2) is 0 Å². The quantitative estimate of drug-likeness (QED) is 0.204. The van der Waals surface area contributed by atoms with Crippen molar-refractivity contribution >= 4 is 60.9 Å². The summed E-state index contributed by atoms with van der Waals surface area (Å²) in [6, 6.07) is 57.2. The van der Waals surface area contributed by atoms with Crippen LogP contribution in [0.25, 0.3) is 66.1 Å². The molecule has 0 spiro atoms. The van der Waals surface area contributed by atoms with Gasteiger partial charge < -0.3 is 13.7 Å². The second-order valence-electron chi connectivity index (χ2n) is 11.3. The smallest absolute Gasteiger partial charge is 0.143 e. The van der Waals surface area contributed by atoms with Crippen LogP contribution in [-0.4, -0.2) is 0 Å². The van der Waals surface area contributed by atoms with Crippen molar-refractivity contribution in [1.29, 1.82) is 0 Å². The number of nitrogens with zero attached hydrogens (tertiary/aromatic N) is 1. The Bertz CT molecular complexity index is 2490. The van der Waals surface area contributed by atoms with E-state index in [1.807, 2.05) is 30.3 Å². The average molecular weight is 578 g/mol. The van der Waals surface area contributed by atoms with Crippen LogP contribution in [0.15, 0.2) is 173 Å². The molecule has 0 N–H and O–H groups in total. The molecule has 2 heterocycles. The predicted octanol–water partition coefficient (Wildman–Crippen LogP) is 12.3. The molecule has 0 bridgehead atoms. The lowest BCUT2D eigenvalue weighted by atomic mass is 9.93. The second-order valence-corrected chi connectivity index (χ2v) is 11.3. The van der Waals surface area contributed by atoms with Crippen LogP contribution < -0.4 is 4.90 Å². The second kappa shape index (κ2) is 10.3. The predicted molar refractivity (Wildman–Crippen MR) is 187 cm³/mol. The number of hydrogen-bond donors (Lipinski definition) is 0. The molecule has 0 saturated heterocycles. The molecule has 0 fully saturated rings. The van der Waals surface area contributed by atoms with Gasteiger partial charge in [0.05, 0.1) is 0 Å². The van der Waals surface area contributed by atoms with Crippen molar-refractivity contribution in [2.75, 3.05) is 4.90 Å². The summed E-state index contributed by atoms with van der Waals surface area (Å²) in [7, 11) is 0. The molecule has 0 atom stereocenters. The van der Waals surface area contributed by atoms with Crippen molar-refractivity contribution in [2.45, 2.75) is 0 Å². The van der Waals surface area contributed by atoms with E-state index in [1.54, 1.807) is 0 Å². The number of rotatable bonds is 5. The molecule has 0 aliphatic carbocycles. The average Bonchev–Trinajstić information content (AvgIpc) is 3.67. The molecule has 0 amide bonds. The number of anilines is 3. The maximum atomic E-state index is 6.41. The van der Waals surface area contributed by atoms with Crippen LogP contribution in [0.4, 0.5) is 17.1 Å². The fraction of sp³-hybridized carbons (Fsp3) is 0. The zero-order chi connectivity index (χ0) is 29.7. The number of benzene rings is 7. The zero-order valence-electron chi connectivity index (χ0n) is 24.4. The highest BCUT2D eigenvalue weighted by Crippen LogP contribution is 2.42. The fourth-order valence-corrected chi connectivity index (χ4v) is 6.60. The van der Waals surface area contributed by atoms with Gasteiger partial charge in [0.2, 0.25) is 0 Å². The third-order valence-corrected chi connectivity index (χ3v) is 8.69. The molecule has 0 saturated carbocycles. The van der Waals surface area contributed by atoms with Crippen LogP contribution in [0.1, 0.15) is 0 Å². The van der Waals surface area contributed by atoms with E-state index in [-0.39, 0.29) is 0 Å². The van der Waals surface area contributed by atoms with Gasteiger partial charge in [0.25, 0.3) is 0 Å². The molecule has 0 unspecified atom stereocenters. The minimum atomic E-state index is 0.875. The third kappa shape index (κ3) is 4.21. The van der Waals surface area contributed by atoms with Crippen molar-refractivity contribution in [2.24, 2.45) is 0 Å². The first-order valence-corrected chi connectivity index (χ1v) is 15.2. The summed E-state index contributed by atoms with van der Waals surface area (Å²) in [4.78, 5) is 2.28. The molecule has 45 heavy (non-hydrogen) atoms. The Balaban J connectivity index is 1.15. The monoisotopic (exact) mass is 577 g/mol. The highest BCUT2D eigenvalue weighted by molar-refractivity contribution is 6.10. The van der Waals surface area contributed by atoms with Crippen LogP contribution >= 0.6 is 0 Å². The van der Waals surface area contributed by atoms with Crippen LogP contribution in [-0.2, 0) is 0 Å². The van der Waals surface area contributed by atoms with Gasteiger partial charge in [-0.3, -0.25) is 0 Å².